The van der Waals surface area contributed by atoms with Crippen LogP contribution in [0.25, 0.3) is 0 Å². The predicted octanol–water partition coefficient (Wildman–Crippen LogP) is 1.86. The molecule has 118 valence electrons. The maximum atomic E-state index is 12.1. The number of ether oxygens (including phenoxy) is 1. The highest BCUT2D eigenvalue weighted by molar-refractivity contribution is 7.87. The van der Waals surface area contributed by atoms with Gasteiger partial charge < -0.3 is 9.64 Å². The molecular formula is C10H16F3NO5S. The minimum atomic E-state index is -5.64. The summed E-state index contributed by atoms with van der Waals surface area (Å²) in [6, 6.07) is 0. The summed E-state index contributed by atoms with van der Waals surface area (Å²) in [5.74, 6) is 0. The van der Waals surface area contributed by atoms with Gasteiger partial charge in [-0.2, -0.15) is 21.6 Å². The van der Waals surface area contributed by atoms with Crippen molar-refractivity contribution in [1.29, 1.82) is 0 Å². The Kier molecular flexibility index (Phi) is 4.59. The van der Waals surface area contributed by atoms with Crippen molar-refractivity contribution < 1.29 is 35.3 Å². The van der Waals surface area contributed by atoms with Gasteiger partial charge >= 0.3 is 21.7 Å². The number of halogens is 3. The van der Waals surface area contributed by atoms with Crippen molar-refractivity contribution >= 4 is 16.2 Å². The van der Waals surface area contributed by atoms with E-state index in [0.29, 0.717) is 0 Å². The Morgan fingerprint density at radius 3 is 2.25 bits per heavy atom. The number of carbonyl (C=O) groups excluding carboxylic acids is 1. The molecule has 1 saturated heterocycles. The van der Waals surface area contributed by atoms with Crippen molar-refractivity contribution in [3.05, 3.63) is 0 Å². The summed E-state index contributed by atoms with van der Waals surface area (Å²) < 4.78 is 67.2. The van der Waals surface area contributed by atoms with E-state index >= 15 is 0 Å². The molecule has 0 saturated carbocycles. The first-order chi connectivity index (χ1) is 8.82. The van der Waals surface area contributed by atoms with Crippen LogP contribution >= 0.6 is 0 Å². The topological polar surface area (TPSA) is 72.9 Å². The van der Waals surface area contributed by atoms with Crippen LogP contribution < -0.4 is 0 Å². The number of amides is 1. The van der Waals surface area contributed by atoms with E-state index in [-0.39, 0.29) is 19.5 Å². The van der Waals surface area contributed by atoms with E-state index in [1.165, 1.54) is 0 Å². The lowest BCUT2D eigenvalue weighted by Crippen LogP contribution is -2.37. The van der Waals surface area contributed by atoms with Gasteiger partial charge in [0.2, 0.25) is 0 Å². The van der Waals surface area contributed by atoms with E-state index in [9.17, 15) is 26.4 Å². The Hall–Kier alpha value is -1.03. The van der Waals surface area contributed by atoms with E-state index in [0.717, 1.165) is 4.90 Å². The SMILES string of the molecule is CC(C)(C)OC(=O)N1CCC(OS(=O)(=O)C(F)(F)F)C1. The largest absolute Gasteiger partial charge is 0.523 e. The Labute approximate surface area is 114 Å². The zero-order chi connectivity index (χ0) is 15.8. The van der Waals surface area contributed by atoms with Crippen LogP contribution in [0.1, 0.15) is 27.2 Å². The van der Waals surface area contributed by atoms with Gasteiger partial charge in [0.05, 0.1) is 12.6 Å². The first-order valence-corrected chi connectivity index (χ1v) is 7.20. The second kappa shape index (κ2) is 5.40. The molecule has 0 aromatic rings. The number of likely N-dealkylation sites (tertiary alicyclic amines) is 1. The smallest absolute Gasteiger partial charge is 0.444 e. The molecule has 6 nitrogen and oxygen atoms in total. The molecule has 0 bridgehead atoms. The highest BCUT2D eigenvalue weighted by atomic mass is 32.2. The quantitative estimate of drug-likeness (QED) is 0.574. The summed E-state index contributed by atoms with van der Waals surface area (Å²) in [7, 11) is -5.64. The van der Waals surface area contributed by atoms with Gasteiger partial charge in [0.15, 0.2) is 0 Å². The highest BCUT2D eigenvalue weighted by Crippen LogP contribution is 2.28. The second-order valence-electron chi connectivity index (χ2n) is 5.33. The van der Waals surface area contributed by atoms with Crippen LogP contribution in [0.15, 0.2) is 0 Å². The lowest BCUT2D eigenvalue weighted by Gasteiger charge is -2.24. The fraction of sp³-hybridized carbons (Fsp3) is 0.900. The standard InChI is InChI=1S/C10H16F3NO5S/c1-9(2,3)18-8(15)14-5-4-7(6-14)19-20(16,17)10(11,12)13/h7H,4-6H2,1-3H3. The monoisotopic (exact) mass is 319 g/mol. The van der Waals surface area contributed by atoms with Gasteiger partial charge in [0.25, 0.3) is 0 Å². The summed E-state index contributed by atoms with van der Waals surface area (Å²) in [5.41, 5.74) is -6.21. The molecular weight excluding hydrogens is 303 g/mol. The first kappa shape index (κ1) is 17.0. The number of nitrogens with zero attached hydrogens (tertiary/aromatic N) is 1. The molecule has 1 aliphatic rings. The molecule has 1 rings (SSSR count). The molecule has 1 fully saturated rings. The maximum Gasteiger partial charge on any atom is 0.523 e. The molecule has 10 heteroatoms. The lowest BCUT2D eigenvalue weighted by molar-refractivity contribution is -0.0569. The molecule has 0 aliphatic carbocycles. The molecule has 0 aromatic heterocycles. The zero-order valence-electron chi connectivity index (χ0n) is 11.2. The Morgan fingerprint density at radius 2 is 1.80 bits per heavy atom. The summed E-state index contributed by atoms with van der Waals surface area (Å²) in [4.78, 5) is 12.8. The van der Waals surface area contributed by atoms with E-state index in [4.69, 9.17) is 4.74 Å². The van der Waals surface area contributed by atoms with Crippen molar-refractivity contribution in [3.8, 4) is 0 Å². The van der Waals surface area contributed by atoms with Crippen molar-refractivity contribution in [2.75, 3.05) is 13.1 Å². The minimum absolute atomic E-state index is 0.00540. The Morgan fingerprint density at radius 1 is 1.25 bits per heavy atom. The summed E-state index contributed by atoms with van der Waals surface area (Å²) in [6.45, 7) is 4.74. The van der Waals surface area contributed by atoms with Gasteiger partial charge in [-0.25, -0.2) is 4.79 Å². The number of carbonyl (C=O) groups is 1. The fourth-order valence-corrected chi connectivity index (χ4v) is 2.16. The van der Waals surface area contributed by atoms with E-state index < -0.39 is 33.4 Å². The molecule has 1 amide bonds. The molecule has 1 aliphatic heterocycles. The highest BCUT2D eigenvalue weighted by Gasteiger charge is 2.49. The first-order valence-electron chi connectivity index (χ1n) is 5.79. The summed E-state index contributed by atoms with van der Waals surface area (Å²) in [5, 5.41) is 0. The van der Waals surface area contributed by atoms with Gasteiger partial charge in [-0.3, -0.25) is 4.18 Å². The molecule has 20 heavy (non-hydrogen) atoms. The third kappa shape index (κ3) is 4.51. The predicted molar refractivity (Wildman–Crippen MR) is 62.3 cm³/mol. The van der Waals surface area contributed by atoms with Gasteiger partial charge in [-0.05, 0) is 27.2 Å². The van der Waals surface area contributed by atoms with Gasteiger partial charge in [-0.1, -0.05) is 0 Å². The minimum Gasteiger partial charge on any atom is -0.444 e. The molecule has 1 unspecified atom stereocenters. The normalized spacial score (nSPS) is 21.1. The summed E-state index contributed by atoms with van der Waals surface area (Å²) >= 11 is 0. The van der Waals surface area contributed by atoms with Crippen LogP contribution in [0.4, 0.5) is 18.0 Å². The molecule has 1 heterocycles. The van der Waals surface area contributed by atoms with Crippen LogP contribution in [-0.2, 0) is 19.0 Å². The third-order valence-electron chi connectivity index (χ3n) is 2.34. The van der Waals surface area contributed by atoms with Crippen molar-refractivity contribution in [3.63, 3.8) is 0 Å². The van der Waals surface area contributed by atoms with Crippen molar-refractivity contribution in [2.45, 2.75) is 44.4 Å². The van der Waals surface area contributed by atoms with Crippen LogP contribution in [0.3, 0.4) is 0 Å². The third-order valence-corrected chi connectivity index (χ3v) is 3.44. The summed E-state index contributed by atoms with van der Waals surface area (Å²) in [6.07, 6.45) is -1.93. The maximum absolute atomic E-state index is 12.1. The number of hydrogen-bond donors (Lipinski definition) is 0. The molecule has 0 spiro atoms. The Balaban J connectivity index is 2.59. The van der Waals surface area contributed by atoms with Crippen LogP contribution in [0, 0.1) is 0 Å². The number of alkyl halides is 3. The molecule has 1 atom stereocenters. The van der Waals surface area contributed by atoms with E-state index in [1.807, 2.05) is 0 Å². The van der Waals surface area contributed by atoms with E-state index in [1.54, 1.807) is 20.8 Å². The second-order valence-corrected chi connectivity index (χ2v) is 6.90. The average molecular weight is 319 g/mol. The van der Waals surface area contributed by atoms with Crippen molar-refractivity contribution in [2.24, 2.45) is 0 Å². The van der Waals surface area contributed by atoms with Crippen LogP contribution in [-0.4, -0.2) is 49.7 Å². The lowest BCUT2D eigenvalue weighted by atomic mass is 10.2. The zero-order valence-corrected chi connectivity index (χ0v) is 12.0. The molecule has 0 radical (unpaired) electrons. The van der Waals surface area contributed by atoms with Crippen molar-refractivity contribution in [1.82, 2.24) is 4.90 Å². The Bertz CT molecular complexity index is 468. The van der Waals surface area contributed by atoms with E-state index in [2.05, 4.69) is 4.18 Å². The van der Waals surface area contributed by atoms with Crippen LogP contribution in [0.2, 0.25) is 0 Å². The van der Waals surface area contributed by atoms with Gasteiger partial charge in [0.1, 0.15) is 5.60 Å². The van der Waals surface area contributed by atoms with Crippen LogP contribution in [0.5, 0.6) is 0 Å². The van der Waals surface area contributed by atoms with Gasteiger partial charge in [0, 0.05) is 6.54 Å². The average Bonchev–Trinajstić information content (AvgIpc) is 2.60. The molecule has 0 N–H and O–H groups in total. The molecule has 0 aromatic carbocycles. The van der Waals surface area contributed by atoms with Gasteiger partial charge in [-0.15, -0.1) is 0 Å². The fourth-order valence-electron chi connectivity index (χ4n) is 1.53. The number of rotatable bonds is 2. The number of hydrogen-bond acceptors (Lipinski definition) is 5.